The molecule has 0 fully saturated rings. The molecule has 0 saturated carbocycles. The molecular weight excluding hydrogens is 222 g/mol. The fourth-order valence-electron chi connectivity index (χ4n) is 0.814. The number of carbonyl (C=O) groups excluding carboxylic acids is 1. The molecule has 0 aliphatic heterocycles. The molecule has 84 valence electrons. The first kappa shape index (κ1) is 11.6. The number of hydrogen-bond donors (Lipinski definition) is 3. The molecule has 0 aliphatic carbocycles. The molecule has 0 saturated heterocycles. The molecule has 1 rings (SSSR count). The van der Waals surface area contributed by atoms with Gasteiger partial charge in [-0.3, -0.25) is 4.79 Å². The van der Waals surface area contributed by atoms with Crippen LogP contribution in [-0.4, -0.2) is 49.1 Å². The minimum Gasteiger partial charge on any atom is -0.349 e. The van der Waals surface area contributed by atoms with Crippen LogP contribution in [0, 0.1) is 0 Å². The number of aromatic amines is 1. The zero-order valence-corrected chi connectivity index (χ0v) is 8.84. The van der Waals surface area contributed by atoms with Crippen molar-refractivity contribution >= 4 is 15.9 Å². The van der Waals surface area contributed by atoms with Crippen LogP contribution < -0.4 is 10.0 Å². The van der Waals surface area contributed by atoms with Crippen LogP contribution in [0.2, 0.25) is 0 Å². The summed E-state index contributed by atoms with van der Waals surface area (Å²) >= 11 is 0. The highest BCUT2D eigenvalue weighted by Gasteiger charge is 2.07. The molecule has 1 aromatic rings. The number of H-pyrrole nitrogens is 1. The van der Waals surface area contributed by atoms with E-state index in [0.29, 0.717) is 0 Å². The van der Waals surface area contributed by atoms with Gasteiger partial charge in [-0.1, -0.05) is 0 Å². The van der Waals surface area contributed by atoms with Crippen molar-refractivity contribution in [1.82, 2.24) is 25.4 Å². The summed E-state index contributed by atoms with van der Waals surface area (Å²) in [6, 6.07) is 0. The zero-order chi connectivity index (χ0) is 11.3. The molecule has 1 amide bonds. The van der Waals surface area contributed by atoms with Gasteiger partial charge in [-0.2, -0.15) is 15.4 Å². The lowest BCUT2D eigenvalue weighted by Crippen LogP contribution is -2.34. The molecule has 0 atom stereocenters. The van der Waals surface area contributed by atoms with Crippen LogP contribution >= 0.6 is 0 Å². The number of nitrogens with one attached hydrogen (secondary N) is 3. The van der Waals surface area contributed by atoms with E-state index >= 15 is 0 Å². The van der Waals surface area contributed by atoms with Crippen molar-refractivity contribution in [3.63, 3.8) is 0 Å². The van der Waals surface area contributed by atoms with E-state index in [1.807, 2.05) is 0 Å². The summed E-state index contributed by atoms with van der Waals surface area (Å²) in [5.74, 6) is -0.404. The van der Waals surface area contributed by atoms with Crippen LogP contribution in [0.3, 0.4) is 0 Å². The number of aromatic nitrogens is 3. The van der Waals surface area contributed by atoms with Gasteiger partial charge in [-0.15, -0.1) is 0 Å². The van der Waals surface area contributed by atoms with Crippen LogP contribution in [0.5, 0.6) is 0 Å². The summed E-state index contributed by atoms with van der Waals surface area (Å²) in [6.07, 6.45) is 2.33. The molecule has 1 aromatic heterocycles. The number of rotatable bonds is 5. The van der Waals surface area contributed by atoms with Crippen molar-refractivity contribution in [2.45, 2.75) is 0 Å². The van der Waals surface area contributed by atoms with Gasteiger partial charge in [-0.05, 0) is 0 Å². The third kappa shape index (κ3) is 4.51. The Morgan fingerprint density at radius 3 is 2.80 bits per heavy atom. The fourth-order valence-corrected chi connectivity index (χ4v) is 1.29. The van der Waals surface area contributed by atoms with Gasteiger partial charge in [-0.25, -0.2) is 13.1 Å². The van der Waals surface area contributed by atoms with Gasteiger partial charge in [0.2, 0.25) is 10.0 Å². The summed E-state index contributed by atoms with van der Waals surface area (Å²) in [7, 11) is -3.21. The Morgan fingerprint density at radius 1 is 1.53 bits per heavy atom. The van der Waals surface area contributed by atoms with Crippen molar-refractivity contribution in [2.75, 3.05) is 19.3 Å². The van der Waals surface area contributed by atoms with Gasteiger partial charge in [0.05, 0.1) is 12.5 Å². The van der Waals surface area contributed by atoms with E-state index in [4.69, 9.17) is 0 Å². The topological polar surface area (TPSA) is 117 Å². The maximum absolute atomic E-state index is 11.2. The third-order valence-electron chi connectivity index (χ3n) is 1.42. The van der Waals surface area contributed by atoms with Gasteiger partial charge in [0.15, 0.2) is 5.69 Å². The van der Waals surface area contributed by atoms with Gasteiger partial charge in [0.25, 0.3) is 5.91 Å². The van der Waals surface area contributed by atoms with E-state index in [-0.39, 0.29) is 18.8 Å². The quantitative estimate of drug-likeness (QED) is 0.513. The maximum Gasteiger partial charge on any atom is 0.273 e. The average Bonchev–Trinajstić information content (AvgIpc) is 2.63. The van der Waals surface area contributed by atoms with Gasteiger partial charge < -0.3 is 5.32 Å². The summed E-state index contributed by atoms with van der Waals surface area (Å²) in [6.45, 7) is 0.335. The van der Waals surface area contributed by atoms with E-state index in [1.165, 1.54) is 6.20 Å². The Labute approximate surface area is 86.5 Å². The molecule has 0 unspecified atom stereocenters. The van der Waals surface area contributed by atoms with E-state index < -0.39 is 15.9 Å². The molecule has 8 nitrogen and oxygen atoms in total. The monoisotopic (exact) mass is 233 g/mol. The van der Waals surface area contributed by atoms with Crippen LogP contribution in [0.15, 0.2) is 6.20 Å². The molecule has 0 spiro atoms. The van der Waals surface area contributed by atoms with Crippen LogP contribution in [0.4, 0.5) is 0 Å². The van der Waals surface area contributed by atoms with Crippen molar-refractivity contribution in [1.29, 1.82) is 0 Å². The molecule has 0 radical (unpaired) electrons. The van der Waals surface area contributed by atoms with Crippen LogP contribution in [0.1, 0.15) is 10.5 Å². The van der Waals surface area contributed by atoms with Gasteiger partial charge in [0, 0.05) is 13.1 Å². The lowest BCUT2D eigenvalue weighted by atomic mass is 10.4. The lowest BCUT2D eigenvalue weighted by molar-refractivity contribution is 0.0949. The second-order valence-electron chi connectivity index (χ2n) is 2.78. The molecule has 0 aromatic carbocycles. The standard InChI is InChI=1S/C6H11N5O3S/c1-15(13,14)9-3-2-7-6(12)5-4-8-11-10-5/h4,9H,2-3H2,1H3,(H,7,12)(H,8,10,11). The molecule has 3 N–H and O–H groups in total. The normalized spacial score (nSPS) is 11.3. The number of sulfonamides is 1. The second-order valence-corrected chi connectivity index (χ2v) is 4.61. The van der Waals surface area contributed by atoms with E-state index in [9.17, 15) is 13.2 Å². The van der Waals surface area contributed by atoms with Crippen molar-refractivity contribution in [3.8, 4) is 0 Å². The smallest absolute Gasteiger partial charge is 0.273 e. The highest BCUT2D eigenvalue weighted by molar-refractivity contribution is 7.88. The lowest BCUT2D eigenvalue weighted by Gasteiger charge is -2.03. The van der Waals surface area contributed by atoms with Crippen molar-refractivity contribution in [2.24, 2.45) is 0 Å². The Bertz CT molecular complexity index is 412. The maximum atomic E-state index is 11.2. The number of hydrogen-bond acceptors (Lipinski definition) is 5. The molecule has 9 heteroatoms. The molecule has 1 heterocycles. The summed E-state index contributed by atoms with van der Waals surface area (Å²) in [5, 5.41) is 11.8. The van der Waals surface area contributed by atoms with E-state index in [0.717, 1.165) is 6.26 Å². The number of nitrogens with zero attached hydrogens (tertiary/aromatic N) is 2. The third-order valence-corrected chi connectivity index (χ3v) is 2.15. The summed E-state index contributed by atoms with van der Waals surface area (Å²) in [4.78, 5) is 11.2. The molecule has 0 bridgehead atoms. The number of amides is 1. The van der Waals surface area contributed by atoms with E-state index in [2.05, 4.69) is 25.4 Å². The van der Waals surface area contributed by atoms with Crippen molar-refractivity contribution in [3.05, 3.63) is 11.9 Å². The highest BCUT2D eigenvalue weighted by atomic mass is 32.2. The Hall–Kier alpha value is -1.48. The molecule has 0 aliphatic rings. The van der Waals surface area contributed by atoms with Gasteiger partial charge >= 0.3 is 0 Å². The first-order chi connectivity index (χ1) is 6.99. The zero-order valence-electron chi connectivity index (χ0n) is 8.02. The highest BCUT2D eigenvalue weighted by Crippen LogP contribution is 1.86. The first-order valence-corrected chi connectivity index (χ1v) is 5.97. The Morgan fingerprint density at radius 2 is 2.27 bits per heavy atom. The predicted octanol–water partition coefficient (Wildman–Crippen LogP) is -1.92. The van der Waals surface area contributed by atoms with Crippen molar-refractivity contribution < 1.29 is 13.2 Å². The average molecular weight is 233 g/mol. The Balaban J connectivity index is 2.24. The SMILES string of the molecule is CS(=O)(=O)NCCNC(=O)c1cn[nH]n1. The summed E-state index contributed by atoms with van der Waals surface area (Å²) < 4.78 is 23.5. The minimum absolute atomic E-state index is 0.141. The van der Waals surface area contributed by atoms with Crippen LogP contribution in [-0.2, 0) is 10.0 Å². The minimum atomic E-state index is -3.21. The van der Waals surface area contributed by atoms with Crippen LogP contribution in [0.25, 0.3) is 0 Å². The largest absolute Gasteiger partial charge is 0.349 e. The summed E-state index contributed by atoms with van der Waals surface area (Å²) in [5.41, 5.74) is 0.161. The molecular formula is C6H11N5O3S. The second kappa shape index (κ2) is 4.84. The molecule has 15 heavy (non-hydrogen) atoms. The first-order valence-electron chi connectivity index (χ1n) is 4.07. The van der Waals surface area contributed by atoms with E-state index in [1.54, 1.807) is 0 Å². The number of carbonyl (C=O) groups is 1. The predicted molar refractivity (Wildman–Crippen MR) is 51.6 cm³/mol. The fraction of sp³-hybridized carbons (Fsp3) is 0.500. The van der Waals surface area contributed by atoms with Gasteiger partial charge in [0.1, 0.15) is 0 Å². The Kier molecular flexibility index (Phi) is 3.74.